The lowest BCUT2D eigenvalue weighted by atomic mass is 10.0. The van der Waals surface area contributed by atoms with Gasteiger partial charge in [-0.15, -0.1) is 0 Å². The third kappa shape index (κ3) is 5.13. The summed E-state index contributed by atoms with van der Waals surface area (Å²) < 4.78 is 19.9. The molecule has 0 unspecified atom stereocenters. The van der Waals surface area contributed by atoms with E-state index in [2.05, 4.69) is 4.98 Å². The standard InChI is InChI=1S/C18H19ClFN3O4/c1-18(2,3)27-17(24)22(4)10-11-8-12(19)9-21-16(11)13-6-5-7-14(15(13)20)23(25)26/h5-9H,10H2,1-4H3. The highest BCUT2D eigenvalue weighted by atomic mass is 35.5. The summed E-state index contributed by atoms with van der Waals surface area (Å²) in [6.45, 7) is 5.25. The molecule has 7 nitrogen and oxygen atoms in total. The Morgan fingerprint density at radius 1 is 1.41 bits per heavy atom. The normalized spacial score (nSPS) is 11.2. The average Bonchev–Trinajstić information content (AvgIpc) is 2.54. The first kappa shape index (κ1) is 20.6. The third-order valence-electron chi connectivity index (χ3n) is 3.48. The molecule has 1 aromatic heterocycles. The van der Waals surface area contributed by atoms with Crippen LogP contribution in [0.5, 0.6) is 0 Å². The van der Waals surface area contributed by atoms with Crippen LogP contribution < -0.4 is 0 Å². The van der Waals surface area contributed by atoms with Gasteiger partial charge in [0.05, 0.1) is 22.2 Å². The van der Waals surface area contributed by atoms with Gasteiger partial charge in [-0.05, 0) is 38.5 Å². The van der Waals surface area contributed by atoms with Gasteiger partial charge in [0.15, 0.2) is 0 Å². The molecule has 0 bridgehead atoms. The number of hydrogen-bond donors (Lipinski definition) is 0. The van der Waals surface area contributed by atoms with Crippen molar-refractivity contribution in [2.24, 2.45) is 0 Å². The minimum Gasteiger partial charge on any atom is -0.444 e. The van der Waals surface area contributed by atoms with Gasteiger partial charge in [0.25, 0.3) is 0 Å². The van der Waals surface area contributed by atoms with Crippen LogP contribution in [-0.4, -0.2) is 33.5 Å². The molecule has 1 heterocycles. The number of benzene rings is 1. The summed E-state index contributed by atoms with van der Waals surface area (Å²) in [5, 5.41) is 11.3. The zero-order chi connectivity index (χ0) is 20.4. The van der Waals surface area contributed by atoms with Crippen LogP contribution in [0.3, 0.4) is 0 Å². The molecule has 144 valence electrons. The monoisotopic (exact) mass is 395 g/mol. The fourth-order valence-corrected chi connectivity index (χ4v) is 2.53. The van der Waals surface area contributed by atoms with Crippen LogP contribution in [-0.2, 0) is 11.3 Å². The molecule has 0 saturated heterocycles. The van der Waals surface area contributed by atoms with E-state index in [4.69, 9.17) is 16.3 Å². The highest BCUT2D eigenvalue weighted by Gasteiger charge is 2.24. The molecule has 0 fully saturated rings. The molecule has 2 rings (SSSR count). The van der Waals surface area contributed by atoms with Gasteiger partial charge >= 0.3 is 11.8 Å². The van der Waals surface area contributed by atoms with Gasteiger partial charge in [0, 0.05) is 24.9 Å². The van der Waals surface area contributed by atoms with Gasteiger partial charge in [-0.1, -0.05) is 17.7 Å². The number of carbonyl (C=O) groups excluding carboxylic acids is 1. The number of nitro benzene ring substituents is 1. The van der Waals surface area contributed by atoms with Gasteiger partial charge in [-0.3, -0.25) is 15.1 Å². The zero-order valence-corrected chi connectivity index (χ0v) is 16.1. The highest BCUT2D eigenvalue weighted by molar-refractivity contribution is 6.30. The Morgan fingerprint density at radius 2 is 2.07 bits per heavy atom. The minimum absolute atomic E-state index is 0.0277. The fourth-order valence-electron chi connectivity index (χ4n) is 2.35. The molecule has 0 aliphatic carbocycles. The van der Waals surface area contributed by atoms with Crippen molar-refractivity contribution in [3.63, 3.8) is 0 Å². The van der Waals surface area contributed by atoms with E-state index in [9.17, 15) is 19.3 Å². The van der Waals surface area contributed by atoms with Crippen molar-refractivity contribution in [1.82, 2.24) is 9.88 Å². The molecule has 1 aromatic carbocycles. The van der Waals surface area contributed by atoms with Crippen molar-refractivity contribution in [3.8, 4) is 11.3 Å². The first-order chi connectivity index (χ1) is 12.5. The van der Waals surface area contributed by atoms with E-state index >= 15 is 0 Å². The SMILES string of the molecule is CN(Cc1cc(Cl)cnc1-c1cccc([N+](=O)[O-])c1F)C(=O)OC(C)(C)C. The quantitative estimate of drug-likeness (QED) is 0.547. The van der Waals surface area contributed by atoms with Crippen LogP contribution in [0.25, 0.3) is 11.3 Å². The first-order valence-corrected chi connectivity index (χ1v) is 8.39. The van der Waals surface area contributed by atoms with E-state index in [1.165, 1.54) is 36.3 Å². The Kier molecular flexibility index (Phi) is 6.00. The second-order valence-electron chi connectivity index (χ2n) is 6.89. The van der Waals surface area contributed by atoms with E-state index in [1.54, 1.807) is 20.8 Å². The van der Waals surface area contributed by atoms with E-state index in [0.29, 0.717) is 5.56 Å². The maximum atomic E-state index is 14.6. The van der Waals surface area contributed by atoms with Crippen LogP contribution in [0.4, 0.5) is 14.9 Å². The van der Waals surface area contributed by atoms with Crippen LogP contribution in [0, 0.1) is 15.9 Å². The lowest BCUT2D eigenvalue weighted by molar-refractivity contribution is -0.387. The summed E-state index contributed by atoms with van der Waals surface area (Å²) >= 11 is 6.00. The molecule has 0 aliphatic heterocycles. The van der Waals surface area contributed by atoms with E-state index in [1.807, 2.05) is 0 Å². The summed E-state index contributed by atoms with van der Waals surface area (Å²) in [7, 11) is 1.52. The molecule has 0 N–H and O–H groups in total. The minimum atomic E-state index is -1.00. The fraction of sp³-hybridized carbons (Fsp3) is 0.333. The number of carbonyl (C=O) groups is 1. The van der Waals surface area contributed by atoms with Crippen molar-refractivity contribution >= 4 is 23.4 Å². The van der Waals surface area contributed by atoms with Crippen molar-refractivity contribution in [1.29, 1.82) is 0 Å². The van der Waals surface area contributed by atoms with Gasteiger partial charge in [0.2, 0.25) is 5.82 Å². The Balaban J connectivity index is 2.43. The molecule has 9 heteroatoms. The van der Waals surface area contributed by atoms with Crippen molar-refractivity contribution in [3.05, 3.63) is 57.0 Å². The number of nitrogens with zero attached hydrogens (tertiary/aromatic N) is 3. The van der Waals surface area contributed by atoms with Gasteiger partial charge in [0.1, 0.15) is 5.60 Å². The number of rotatable bonds is 4. The number of pyridine rings is 1. The summed E-state index contributed by atoms with van der Waals surface area (Å²) in [5.41, 5.74) is -0.789. The molecule has 0 radical (unpaired) electrons. The van der Waals surface area contributed by atoms with E-state index in [0.717, 1.165) is 6.07 Å². The molecule has 0 atom stereocenters. The topological polar surface area (TPSA) is 85.6 Å². The summed E-state index contributed by atoms with van der Waals surface area (Å²) in [6.07, 6.45) is 0.736. The molecule has 2 aromatic rings. The van der Waals surface area contributed by atoms with Crippen LogP contribution in [0.15, 0.2) is 30.5 Å². The number of ether oxygens (including phenoxy) is 1. The van der Waals surface area contributed by atoms with Gasteiger partial charge in [-0.25, -0.2) is 4.79 Å². The van der Waals surface area contributed by atoms with Crippen molar-refractivity contribution < 1.29 is 18.8 Å². The highest BCUT2D eigenvalue weighted by Crippen LogP contribution is 2.31. The number of amides is 1. The zero-order valence-electron chi connectivity index (χ0n) is 15.3. The smallest absolute Gasteiger partial charge is 0.410 e. The summed E-state index contributed by atoms with van der Waals surface area (Å²) in [4.78, 5) is 27.8. The lowest BCUT2D eigenvalue weighted by Gasteiger charge is -2.25. The maximum absolute atomic E-state index is 14.6. The number of halogens is 2. The Morgan fingerprint density at radius 3 is 2.67 bits per heavy atom. The number of hydrogen-bond acceptors (Lipinski definition) is 5. The van der Waals surface area contributed by atoms with Crippen LogP contribution >= 0.6 is 11.6 Å². The molecule has 27 heavy (non-hydrogen) atoms. The first-order valence-electron chi connectivity index (χ1n) is 8.01. The molecule has 0 spiro atoms. The average molecular weight is 396 g/mol. The second-order valence-corrected chi connectivity index (χ2v) is 7.33. The second kappa shape index (κ2) is 7.87. The van der Waals surface area contributed by atoms with Crippen LogP contribution in [0.1, 0.15) is 26.3 Å². The maximum Gasteiger partial charge on any atom is 0.410 e. The Bertz CT molecular complexity index is 883. The molecule has 1 amide bonds. The van der Waals surface area contributed by atoms with Crippen molar-refractivity contribution in [2.45, 2.75) is 32.9 Å². The van der Waals surface area contributed by atoms with Crippen molar-refractivity contribution in [2.75, 3.05) is 7.05 Å². The lowest BCUT2D eigenvalue weighted by Crippen LogP contribution is -2.34. The van der Waals surface area contributed by atoms with E-state index < -0.39 is 28.1 Å². The predicted molar refractivity (Wildman–Crippen MR) is 99.0 cm³/mol. The number of nitro groups is 1. The van der Waals surface area contributed by atoms with Gasteiger partial charge < -0.3 is 9.64 Å². The predicted octanol–water partition coefficient (Wildman–Crippen LogP) is 4.82. The molecular formula is C18H19ClFN3O4. The Labute approximate surface area is 160 Å². The van der Waals surface area contributed by atoms with Gasteiger partial charge in [-0.2, -0.15) is 4.39 Å². The number of aromatic nitrogens is 1. The Hall–Kier alpha value is -2.74. The largest absolute Gasteiger partial charge is 0.444 e. The molecule has 0 saturated carbocycles. The third-order valence-corrected chi connectivity index (χ3v) is 3.68. The summed E-state index contributed by atoms with van der Waals surface area (Å²) in [6, 6.07) is 5.36. The molecule has 0 aliphatic rings. The van der Waals surface area contributed by atoms with E-state index in [-0.39, 0.29) is 22.8 Å². The molecular weight excluding hydrogens is 377 g/mol. The summed E-state index contributed by atoms with van der Waals surface area (Å²) in [5.74, 6) is -1.00. The van der Waals surface area contributed by atoms with Crippen LogP contribution in [0.2, 0.25) is 5.02 Å².